The van der Waals surface area contributed by atoms with E-state index < -0.39 is 5.54 Å². The van der Waals surface area contributed by atoms with E-state index in [1.165, 1.54) is 18.6 Å². The second kappa shape index (κ2) is 6.64. The molecule has 17 heavy (non-hydrogen) atoms. The van der Waals surface area contributed by atoms with Crippen LogP contribution in [0.25, 0.3) is 0 Å². The van der Waals surface area contributed by atoms with Crippen molar-refractivity contribution in [2.45, 2.75) is 58.0 Å². The lowest BCUT2D eigenvalue weighted by molar-refractivity contribution is -0.124. The molecule has 0 aliphatic heterocycles. The van der Waals surface area contributed by atoms with E-state index >= 15 is 0 Å². The molecule has 3 nitrogen and oxygen atoms in total. The molecule has 1 unspecified atom stereocenters. The van der Waals surface area contributed by atoms with E-state index in [0.717, 1.165) is 24.5 Å². The summed E-state index contributed by atoms with van der Waals surface area (Å²) in [4.78, 5) is 11.5. The van der Waals surface area contributed by atoms with Gasteiger partial charge in [-0.2, -0.15) is 11.8 Å². The molecule has 0 saturated heterocycles. The summed E-state index contributed by atoms with van der Waals surface area (Å²) in [7, 11) is 0. The first kappa shape index (κ1) is 14.8. The van der Waals surface area contributed by atoms with E-state index in [4.69, 9.17) is 5.73 Å². The number of amides is 1. The third-order valence-corrected chi connectivity index (χ3v) is 4.54. The van der Waals surface area contributed by atoms with Gasteiger partial charge >= 0.3 is 0 Å². The molecule has 4 heteroatoms. The lowest BCUT2D eigenvalue weighted by Crippen LogP contribution is -2.54. The number of nitrogens with two attached hydrogens (primary N) is 1. The van der Waals surface area contributed by atoms with Gasteiger partial charge in [0.15, 0.2) is 0 Å². The number of carbonyl (C=O) groups excluding carboxylic acids is 1. The standard InChI is InChI=1S/C13H26N2OS/c1-10(2)9-17-8-4-7-13(3,12(14)16)15-11-5-6-11/h10-11,15H,4-9H2,1-3H3,(H2,14,16). The molecule has 0 bridgehead atoms. The number of thioether (sulfide) groups is 1. The largest absolute Gasteiger partial charge is 0.368 e. The van der Waals surface area contributed by atoms with Crippen LogP contribution in [0.15, 0.2) is 0 Å². The predicted octanol–water partition coefficient (Wildman–Crippen LogP) is 2.15. The molecule has 1 aliphatic rings. The van der Waals surface area contributed by atoms with Crippen molar-refractivity contribution >= 4 is 17.7 Å². The second-order valence-electron chi connectivity index (χ2n) is 5.69. The number of hydrogen-bond acceptors (Lipinski definition) is 3. The number of carbonyl (C=O) groups is 1. The minimum Gasteiger partial charge on any atom is -0.368 e. The Morgan fingerprint density at radius 2 is 2.18 bits per heavy atom. The van der Waals surface area contributed by atoms with Gasteiger partial charge in [-0.1, -0.05) is 13.8 Å². The highest BCUT2D eigenvalue weighted by molar-refractivity contribution is 7.99. The van der Waals surface area contributed by atoms with Crippen LogP contribution >= 0.6 is 11.8 Å². The van der Waals surface area contributed by atoms with Crippen molar-refractivity contribution in [2.75, 3.05) is 11.5 Å². The summed E-state index contributed by atoms with van der Waals surface area (Å²) in [6.45, 7) is 6.41. The quantitative estimate of drug-likeness (QED) is 0.623. The van der Waals surface area contributed by atoms with Gasteiger partial charge in [-0.25, -0.2) is 0 Å². The zero-order chi connectivity index (χ0) is 12.9. The molecule has 1 aliphatic carbocycles. The van der Waals surface area contributed by atoms with Gasteiger partial charge in [0.25, 0.3) is 0 Å². The van der Waals surface area contributed by atoms with Crippen LogP contribution in [0.5, 0.6) is 0 Å². The van der Waals surface area contributed by atoms with Gasteiger partial charge in [-0.3, -0.25) is 4.79 Å². The van der Waals surface area contributed by atoms with Crippen LogP contribution in [0.3, 0.4) is 0 Å². The third-order valence-electron chi connectivity index (χ3n) is 3.06. The van der Waals surface area contributed by atoms with Crippen molar-refractivity contribution in [3.8, 4) is 0 Å². The second-order valence-corrected chi connectivity index (χ2v) is 6.84. The summed E-state index contributed by atoms with van der Waals surface area (Å²) in [6, 6.07) is 0.524. The fraction of sp³-hybridized carbons (Fsp3) is 0.923. The van der Waals surface area contributed by atoms with Crippen molar-refractivity contribution in [2.24, 2.45) is 11.7 Å². The lowest BCUT2D eigenvalue weighted by atomic mass is 9.95. The Labute approximate surface area is 109 Å². The van der Waals surface area contributed by atoms with Crippen molar-refractivity contribution in [3.05, 3.63) is 0 Å². The summed E-state index contributed by atoms with van der Waals surface area (Å²) in [5.74, 6) is 2.85. The summed E-state index contributed by atoms with van der Waals surface area (Å²) in [6.07, 6.45) is 4.27. The topological polar surface area (TPSA) is 55.1 Å². The summed E-state index contributed by atoms with van der Waals surface area (Å²) in [5.41, 5.74) is 5.00. The van der Waals surface area contributed by atoms with Crippen LogP contribution in [-0.4, -0.2) is 29.0 Å². The monoisotopic (exact) mass is 258 g/mol. The molecule has 3 N–H and O–H groups in total. The minimum atomic E-state index is -0.500. The molecule has 0 heterocycles. The lowest BCUT2D eigenvalue weighted by Gasteiger charge is -2.27. The molecule has 1 rings (SSSR count). The Balaban J connectivity index is 2.21. The van der Waals surface area contributed by atoms with E-state index in [0.29, 0.717) is 6.04 Å². The number of hydrogen-bond donors (Lipinski definition) is 2. The van der Waals surface area contributed by atoms with Crippen LogP contribution in [0.1, 0.15) is 46.5 Å². The zero-order valence-electron chi connectivity index (χ0n) is 11.3. The number of primary amides is 1. The van der Waals surface area contributed by atoms with Crippen LogP contribution in [-0.2, 0) is 4.79 Å². The summed E-state index contributed by atoms with van der Waals surface area (Å²) >= 11 is 1.97. The Morgan fingerprint density at radius 3 is 2.65 bits per heavy atom. The first-order valence-electron chi connectivity index (χ1n) is 6.59. The maximum absolute atomic E-state index is 11.5. The maximum Gasteiger partial charge on any atom is 0.237 e. The molecule has 0 aromatic carbocycles. The highest BCUT2D eigenvalue weighted by atomic mass is 32.2. The molecule has 1 fully saturated rings. The summed E-state index contributed by atoms with van der Waals surface area (Å²) < 4.78 is 0. The van der Waals surface area contributed by atoms with E-state index in [2.05, 4.69) is 19.2 Å². The average Bonchev–Trinajstić information content (AvgIpc) is 3.00. The van der Waals surface area contributed by atoms with E-state index in [1.54, 1.807) is 0 Å². The van der Waals surface area contributed by atoms with Gasteiger partial charge in [0.05, 0.1) is 5.54 Å². The van der Waals surface area contributed by atoms with Gasteiger partial charge in [0.1, 0.15) is 0 Å². The normalized spacial score (nSPS) is 19.3. The Morgan fingerprint density at radius 1 is 1.53 bits per heavy atom. The van der Waals surface area contributed by atoms with Crippen molar-refractivity contribution < 1.29 is 4.79 Å². The van der Waals surface area contributed by atoms with Gasteiger partial charge in [-0.15, -0.1) is 0 Å². The van der Waals surface area contributed by atoms with Crippen molar-refractivity contribution in [3.63, 3.8) is 0 Å². The Bertz CT molecular complexity index is 254. The molecule has 0 spiro atoms. The van der Waals surface area contributed by atoms with Crippen molar-refractivity contribution in [1.82, 2.24) is 5.32 Å². The highest BCUT2D eigenvalue weighted by Gasteiger charge is 2.36. The average molecular weight is 258 g/mol. The molecule has 0 aromatic heterocycles. The van der Waals surface area contributed by atoms with Gasteiger partial charge in [0.2, 0.25) is 5.91 Å². The zero-order valence-corrected chi connectivity index (χ0v) is 12.1. The third kappa shape index (κ3) is 5.77. The van der Waals surface area contributed by atoms with Crippen molar-refractivity contribution in [1.29, 1.82) is 0 Å². The molecular weight excluding hydrogens is 232 g/mol. The molecular formula is C13H26N2OS. The maximum atomic E-state index is 11.5. The molecule has 100 valence electrons. The van der Waals surface area contributed by atoms with Gasteiger partial charge < -0.3 is 11.1 Å². The van der Waals surface area contributed by atoms with E-state index in [9.17, 15) is 4.79 Å². The fourth-order valence-electron chi connectivity index (χ4n) is 1.79. The van der Waals surface area contributed by atoms with Gasteiger partial charge in [0, 0.05) is 6.04 Å². The predicted molar refractivity (Wildman–Crippen MR) is 75.2 cm³/mol. The van der Waals surface area contributed by atoms with Gasteiger partial charge in [-0.05, 0) is 50.0 Å². The molecule has 1 saturated carbocycles. The van der Waals surface area contributed by atoms with Crippen LogP contribution in [0.4, 0.5) is 0 Å². The van der Waals surface area contributed by atoms with E-state index in [1.807, 2.05) is 18.7 Å². The molecule has 1 amide bonds. The molecule has 0 radical (unpaired) electrons. The summed E-state index contributed by atoms with van der Waals surface area (Å²) in [5, 5.41) is 3.38. The molecule has 1 atom stereocenters. The Kier molecular flexibility index (Phi) is 5.80. The number of rotatable bonds is 9. The SMILES string of the molecule is CC(C)CSCCCC(C)(NC1CC1)C(N)=O. The highest BCUT2D eigenvalue weighted by Crippen LogP contribution is 2.25. The smallest absolute Gasteiger partial charge is 0.237 e. The van der Waals surface area contributed by atoms with Crippen LogP contribution < -0.4 is 11.1 Å². The first-order valence-corrected chi connectivity index (χ1v) is 7.75. The first-order chi connectivity index (χ1) is 7.94. The van der Waals surface area contributed by atoms with Crippen LogP contribution in [0, 0.1) is 5.92 Å². The number of nitrogens with one attached hydrogen (secondary N) is 1. The fourth-order valence-corrected chi connectivity index (χ4v) is 2.78. The molecule has 0 aromatic rings. The Hall–Kier alpha value is -0.220. The minimum absolute atomic E-state index is 0.210. The van der Waals surface area contributed by atoms with E-state index in [-0.39, 0.29) is 5.91 Å². The van der Waals surface area contributed by atoms with Crippen LogP contribution in [0.2, 0.25) is 0 Å².